The van der Waals surface area contributed by atoms with E-state index < -0.39 is 0 Å². The Morgan fingerprint density at radius 3 is 1.79 bits per heavy atom. The lowest BCUT2D eigenvalue weighted by molar-refractivity contribution is -0.111. The molecular formula is C28H42O. The van der Waals surface area contributed by atoms with Gasteiger partial charge in [-0.2, -0.15) is 0 Å². The zero-order chi connectivity index (χ0) is 23.1. The minimum Gasteiger partial charge on any atom is -0.289 e. The maximum absolute atomic E-state index is 12.0. The molecule has 1 aromatic carbocycles. The van der Waals surface area contributed by atoms with Gasteiger partial charge in [0.2, 0.25) is 0 Å². The molecule has 0 amide bonds. The van der Waals surface area contributed by atoms with Gasteiger partial charge in [0.25, 0.3) is 0 Å². The van der Waals surface area contributed by atoms with E-state index in [4.69, 9.17) is 6.42 Å². The van der Waals surface area contributed by atoms with Crippen molar-refractivity contribution < 1.29 is 4.79 Å². The Hall–Kier alpha value is -2.59. The molecule has 0 fully saturated rings. The second-order valence-corrected chi connectivity index (χ2v) is 5.86. The van der Waals surface area contributed by atoms with Gasteiger partial charge < -0.3 is 0 Å². The van der Waals surface area contributed by atoms with Crippen LogP contribution in [0.2, 0.25) is 0 Å². The maximum Gasteiger partial charge on any atom is 0.186 e. The highest BCUT2D eigenvalue weighted by molar-refractivity contribution is 6.08. The van der Waals surface area contributed by atoms with E-state index in [1.165, 1.54) is 18.4 Å². The van der Waals surface area contributed by atoms with Gasteiger partial charge in [0.05, 0.1) is 0 Å². The number of allylic oxidation sites excluding steroid dienone is 5. The fourth-order valence-corrected chi connectivity index (χ4v) is 1.69. The summed E-state index contributed by atoms with van der Waals surface area (Å²) in [5.41, 5.74) is 3.74. The van der Waals surface area contributed by atoms with Gasteiger partial charge in [-0.05, 0) is 36.1 Å². The average Bonchev–Trinajstić information content (AvgIpc) is 2.79. The van der Waals surface area contributed by atoms with E-state index in [1.54, 1.807) is 18.2 Å². The molecule has 29 heavy (non-hydrogen) atoms. The second-order valence-electron chi connectivity index (χ2n) is 5.86. The van der Waals surface area contributed by atoms with E-state index in [9.17, 15) is 4.79 Å². The smallest absolute Gasteiger partial charge is 0.186 e. The third kappa shape index (κ3) is 17.3. The summed E-state index contributed by atoms with van der Waals surface area (Å²) in [5.74, 6) is 2.38. The van der Waals surface area contributed by atoms with E-state index in [1.807, 2.05) is 45.9 Å². The molecule has 0 heterocycles. The van der Waals surface area contributed by atoms with Crippen LogP contribution < -0.4 is 0 Å². The average molecular weight is 395 g/mol. The molecule has 0 spiro atoms. The van der Waals surface area contributed by atoms with Crippen molar-refractivity contribution in [3.63, 3.8) is 0 Å². The summed E-state index contributed by atoms with van der Waals surface area (Å²) in [6.07, 6.45) is 15.9. The Balaban J connectivity index is -0.000000566. The van der Waals surface area contributed by atoms with E-state index >= 15 is 0 Å². The van der Waals surface area contributed by atoms with Crippen molar-refractivity contribution in [1.82, 2.24) is 0 Å². The van der Waals surface area contributed by atoms with Crippen LogP contribution in [0.5, 0.6) is 0 Å². The molecule has 0 bridgehead atoms. The summed E-state index contributed by atoms with van der Waals surface area (Å²) in [6.45, 7) is 21.6. The van der Waals surface area contributed by atoms with Crippen molar-refractivity contribution in [2.45, 2.75) is 74.1 Å². The van der Waals surface area contributed by atoms with E-state index in [-0.39, 0.29) is 5.78 Å². The van der Waals surface area contributed by atoms with Crippen molar-refractivity contribution in [2.75, 3.05) is 0 Å². The zero-order valence-corrected chi connectivity index (χ0v) is 19.8. The molecule has 1 rings (SSSR count). The first-order chi connectivity index (χ1) is 13.9. The van der Waals surface area contributed by atoms with Gasteiger partial charge in [-0.1, -0.05) is 110 Å². The van der Waals surface area contributed by atoms with Crippen LogP contribution in [-0.2, 0) is 11.2 Å². The Bertz CT molecular complexity index is 647. The molecule has 0 unspecified atom stereocenters. The zero-order valence-electron chi connectivity index (χ0n) is 19.8. The van der Waals surface area contributed by atoms with Crippen LogP contribution in [0.3, 0.4) is 0 Å². The number of hydrogen-bond donors (Lipinski definition) is 0. The van der Waals surface area contributed by atoms with Crippen LogP contribution in [-0.4, -0.2) is 5.78 Å². The predicted molar refractivity (Wildman–Crippen MR) is 134 cm³/mol. The van der Waals surface area contributed by atoms with Crippen LogP contribution in [0.1, 0.15) is 78.9 Å². The van der Waals surface area contributed by atoms with Crippen molar-refractivity contribution in [3.8, 4) is 12.3 Å². The third-order valence-corrected chi connectivity index (χ3v) is 3.72. The number of hydrogen-bond acceptors (Lipinski definition) is 1. The van der Waals surface area contributed by atoms with Gasteiger partial charge in [-0.15, -0.1) is 12.3 Å². The molecule has 160 valence electrons. The van der Waals surface area contributed by atoms with Crippen LogP contribution in [0.15, 0.2) is 66.8 Å². The van der Waals surface area contributed by atoms with Crippen molar-refractivity contribution >= 4 is 11.9 Å². The van der Waals surface area contributed by atoms with Crippen molar-refractivity contribution in [2.24, 2.45) is 0 Å². The van der Waals surface area contributed by atoms with Gasteiger partial charge in [-0.3, -0.25) is 4.79 Å². The lowest BCUT2D eigenvalue weighted by Gasteiger charge is -2.00. The Kier molecular flexibility index (Phi) is 25.2. The molecule has 0 saturated carbocycles. The summed E-state index contributed by atoms with van der Waals surface area (Å²) in [5, 5.41) is 0. The number of terminal acetylenes is 1. The van der Waals surface area contributed by atoms with E-state index in [0.717, 1.165) is 24.0 Å². The molecule has 0 aliphatic rings. The Labute approximate surface area is 181 Å². The maximum atomic E-state index is 12.0. The summed E-state index contributed by atoms with van der Waals surface area (Å²) in [4.78, 5) is 12.0. The van der Waals surface area contributed by atoms with Crippen molar-refractivity contribution in [3.05, 3.63) is 77.9 Å². The van der Waals surface area contributed by atoms with Gasteiger partial charge in [0.1, 0.15) is 0 Å². The molecular weight excluding hydrogens is 352 g/mol. The highest BCUT2D eigenvalue weighted by atomic mass is 16.1. The molecule has 0 aromatic heterocycles. The molecule has 1 nitrogen and oxygen atoms in total. The standard InChI is InChI=1S/C18H20O.C4H10.C4H6.C2H6/c1-5-14(4)17(7-3)18(19)13-12-16-10-8-15(6-2)9-11-16;2*1-3-4-2;1-2/h5,7-13H,1,3,6H2,2,4H3;3-4H2,1-2H3;1H,4H2,2H3;1-2H3/b13-12+,17-14+;;;. The molecule has 0 N–H and O–H groups in total. The number of benzene rings is 1. The summed E-state index contributed by atoms with van der Waals surface area (Å²) < 4.78 is 0. The summed E-state index contributed by atoms with van der Waals surface area (Å²) in [6, 6.07) is 8.17. The summed E-state index contributed by atoms with van der Waals surface area (Å²) in [7, 11) is 0. The highest BCUT2D eigenvalue weighted by Crippen LogP contribution is 2.11. The molecule has 1 heteroatoms. The quantitative estimate of drug-likeness (QED) is 0.258. The monoisotopic (exact) mass is 394 g/mol. The van der Waals surface area contributed by atoms with Crippen LogP contribution in [0.25, 0.3) is 6.08 Å². The second kappa shape index (κ2) is 23.4. The number of carbonyl (C=O) groups is 1. The normalized spacial score (nSPS) is 9.86. The number of aryl methyl sites for hydroxylation is 1. The van der Waals surface area contributed by atoms with Crippen LogP contribution in [0.4, 0.5) is 0 Å². The molecule has 0 radical (unpaired) electrons. The van der Waals surface area contributed by atoms with E-state index in [2.05, 4.69) is 52.0 Å². The number of ketones is 1. The molecule has 0 aliphatic heterocycles. The molecule has 0 saturated heterocycles. The number of unbranched alkanes of at least 4 members (excludes halogenated alkanes) is 1. The third-order valence-electron chi connectivity index (χ3n) is 3.72. The molecule has 0 aliphatic carbocycles. The Morgan fingerprint density at radius 1 is 1.00 bits per heavy atom. The first-order valence-electron chi connectivity index (χ1n) is 10.7. The van der Waals surface area contributed by atoms with Gasteiger partial charge >= 0.3 is 0 Å². The van der Waals surface area contributed by atoms with Crippen LogP contribution in [0, 0.1) is 12.3 Å². The lowest BCUT2D eigenvalue weighted by Crippen LogP contribution is -1.97. The SMILES string of the molecule is C#CCC.C=C/C(C)=C(\C=C)C(=O)/C=C/c1ccc(CC)cc1.CC.CCCC. The summed E-state index contributed by atoms with van der Waals surface area (Å²) >= 11 is 0. The minimum atomic E-state index is -0.0491. The highest BCUT2D eigenvalue weighted by Gasteiger charge is 2.04. The molecule has 0 atom stereocenters. The number of carbonyl (C=O) groups excluding carboxylic acids is 1. The first kappa shape index (κ1) is 31.1. The minimum absolute atomic E-state index is 0.0491. The van der Waals surface area contributed by atoms with Gasteiger partial charge in [0.15, 0.2) is 5.78 Å². The van der Waals surface area contributed by atoms with Crippen LogP contribution >= 0.6 is 0 Å². The molecule has 1 aromatic rings. The predicted octanol–water partition coefficient (Wildman–Crippen LogP) is 8.38. The fourth-order valence-electron chi connectivity index (χ4n) is 1.69. The number of rotatable bonds is 7. The fraction of sp³-hybridized carbons (Fsp3) is 0.393. The van der Waals surface area contributed by atoms with Gasteiger partial charge in [-0.25, -0.2) is 0 Å². The van der Waals surface area contributed by atoms with E-state index in [0.29, 0.717) is 5.57 Å². The van der Waals surface area contributed by atoms with Crippen molar-refractivity contribution in [1.29, 1.82) is 0 Å². The topological polar surface area (TPSA) is 17.1 Å². The largest absolute Gasteiger partial charge is 0.289 e. The van der Waals surface area contributed by atoms with Gasteiger partial charge in [0, 0.05) is 12.0 Å². The Morgan fingerprint density at radius 2 is 1.48 bits per heavy atom. The first-order valence-corrected chi connectivity index (χ1v) is 10.7. The lowest BCUT2D eigenvalue weighted by atomic mass is 10.0.